The van der Waals surface area contributed by atoms with E-state index in [4.69, 9.17) is 9.47 Å². The van der Waals surface area contributed by atoms with Crippen LogP contribution in [0.3, 0.4) is 0 Å². The van der Waals surface area contributed by atoms with E-state index in [1.54, 1.807) is 24.3 Å². The van der Waals surface area contributed by atoms with Crippen LogP contribution in [0.25, 0.3) is 5.69 Å². The van der Waals surface area contributed by atoms with Crippen molar-refractivity contribution in [1.29, 1.82) is 0 Å². The molecule has 4 rings (SSSR count). The third-order valence-corrected chi connectivity index (χ3v) is 7.08. The Morgan fingerprint density at radius 2 is 1.97 bits per heavy atom. The van der Waals surface area contributed by atoms with Crippen molar-refractivity contribution in [3.63, 3.8) is 0 Å². The van der Waals surface area contributed by atoms with Gasteiger partial charge in [-0.05, 0) is 43.5 Å². The first-order chi connectivity index (χ1) is 14.4. The van der Waals surface area contributed by atoms with E-state index < -0.39 is 16.6 Å². The summed E-state index contributed by atoms with van der Waals surface area (Å²) in [6.07, 6.45) is 4.62. The molecule has 1 saturated heterocycles. The van der Waals surface area contributed by atoms with Gasteiger partial charge in [0.15, 0.2) is 5.75 Å². The number of halogens is 2. The van der Waals surface area contributed by atoms with Gasteiger partial charge in [0.25, 0.3) is 0 Å². The Bertz CT molecular complexity index is 947. The minimum atomic E-state index is -3.27. The highest BCUT2D eigenvalue weighted by Crippen LogP contribution is 2.29. The van der Waals surface area contributed by atoms with E-state index >= 15 is 0 Å². The summed E-state index contributed by atoms with van der Waals surface area (Å²) < 4.78 is 68.9. The van der Waals surface area contributed by atoms with Crippen LogP contribution in [0.4, 0.5) is 8.78 Å². The van der Waals surface area contributed by atoms with Gasteiger partial charge >= 0.3 is 6.61 Å². The number of alkyl halides is 2. The fourth-order valence-corrected chi connectivity index (χ4v) is 4.99. The Kier molecular flexibility index (Phi) is 6.21. The van der Waals surface area contributed by atoms with Crippen molar-refractivity contribution >= 4 is 10.0 Å². The highest BCUT2D eigenvalue weighted by molar-refractivity contribution is 7.90. The second kappa shape index (κ2) is 8.86. The van der Waals surface area contributed by atoms with Gasteiger partial charge in [0, 0.05) is 18.6 Å². The maximum Gasteiger partial charge on any atom is 0.387 e. The number of hydrogen-bond acceptors (Lipinski definition) is 6. The number of benzene rings is 1. The molecule has 2 aromatic rings. The predicted octanol–water partition coefficient (Wildman–Crippen LogP) is 2.34. The predicted molar refractivity (Wildman–Crippen MR) is 103 cm³/mol. The van der Waals surface area contributed by atoms with E-state index in [1.807, 2.05) is 0 Å². The summed E-state index contributed by atoms with van der Waals surface area (Å²) in [5, 5.41) is 3.73. The lowest BCUT2D eigenvalue weighted by Gasteiger charge is -2.31. The Labute approximate surface area is 173 Å². The fourth-order valence-electron chi connectivity index (χ4n) is 3.31. The van der Waals surface area contributed by atoms with Crippen LogP contribution in [0.1, 0.15) is 19.3 Å². The topological polar surface area (TPSA) is 91.7 Å². The van der Waals surface area contributed by atoms with Gasteiger partial charge in [-0.25, -0.2) is 17.8 Å². The van der Waals surface area contributed by atoms with Crippen molar-refractivity contribution in [3.05, 3.63) is 36.7 Å². The van der Waals surface area contributed by atoms with Crippen molar-refractivity contribution < 1.29 is 31.4 Å². The number of nitrogens with zero attached hydrogens (tertiary/aromatic N) is 2. The van der Waals surface area contributed by atoms with E-state index in [1.165, 1.54) is 17.1 Å². The molecule has 164 valence electrons. The molecule has 1 aliphatic heterocycles. The van der Waals surface area contributed by atoms with Gasteiger partial charge < -0.3 is 14.2 Å². The maximum atomic E-state index is 12.3. The molecule has 1 N–H and O–H groups in total. The largest absolute Gasteiger partial charge is 0.493 e. The Morgan fingerprint density at radius 3 is 2.67 bits per heavy atom. The van der Waals surface area contributed by atoms with Crippen LogP contribution in [-0.2, 0) is 14.8 Å². The average molecular weight is 443 g/mol. The monoisotopic (exact) mass is 443 g/mol. The van der Waals surface area contributed by atoms with Gasteiger partial charge in [-0.3, -0.25) is 0 Å². The van der Waals surface area contributed by atoms with E-state index in [0.717, 1.165) is 12.8 Å². The molecule has 30 heavy (non-hydrogen) atoms. The van der Waals surface area contributed by atoms with Crippen molar-refractivity contribution in [3.8, 4) is 17.2 Å². The van der Waals surface area contributed by atoms with Crippen LogP contribution in [-0.4, -0.2) is 55.9 Å². The molecule has 0 unspecified atom stereocenters. The van der Waals surface area contributed by atoms with Crippen molar-refractivity contribution in [2.24, 2.45) is 5.92 Å². The summed E-state index contributed by atoms with van der Waals surface area (Å²) in [5.74, 6) is 0.485. The zero-order valence-corrected chi connectivity index (χ0v) is 16.9. The Hall–Kier alpha value is -2.24. The highest BCUT2D eigenvalue weighted by Gasteiger charge is 2.39. The quantitative estimate of drug-likeness (QED) is 0.640. The third-order valence-electron chi connectivity index (χ3n) is 5.10. The molecule has 2 fully saturated rings. The minimum Gasteiger partial charge on any atom is -0.493 e. The Balaban J connectivity index is 1.34. The van der Waals surface area contributed by atoms with E-state index in [9.17, 15) is 17.2 Å². The van der Waals surface area contributed by atoms with Crippen molar-refractivity contribution in [1.82, 2.24) is 14.5 Å². The van der Waals surface area contributed by atoms with Crippen molar-refractivity contribution in [2.45, 2.75) is 37.2 Å². The van der Waals surface area contributed by atoms with Gasteiger partial charge in [-0.2, -0.15) is 13.9 Å². The zero-order valence-electron chi connectivity index (χ0n) is 16.1. The summed E-state index contributed by atoms with van der Waals surface area (Å²) >= 11 is 0. The van der Waals surface area contributed by atoms with E-state index in [2.05, 4.69) is 14.6 Å². The van der Waals surface area contributed by atoms with Crippen molar-refractivity contribution in [2.75, 3.05) is 19.8 Å². The first-order valence-electron chi connectivity index (χ1n) is 9.72. The summed E-state index contributed by atoms with van der Waals surface area (Å²) in [6.45, 7) is -1.65. The van der Waals surface area contributed by atoms with Gasteiger partial charge in [-0.1, -0.05) is 0 Å². The SMILES string of the molecule is O=S(=O)(N[C@H]1CCOC[C@@H]1COc1ccc(-n2cc(OC(F)F)cn2)cc1)C1CC1. The average Bonchev–Trinajstić information content (AvgIpc) is 3.48. The molecule has 1 aromatic carbocycles. The summed E-state index contributed by atoms with van der Waals surface area (Å²) in [4.78, 5) is 0. The molecule has 0 amide bonds. The first kappa shape index (κ1) is 21.0. The van der Waals surface area contributed by atoms with Crippen LogP contribution in [0.2, 0.25) is 0 Å². The Morgan fingerprint density at radius 1 is 1.20 bits per heavy atom. The van der Waals surface area contributed by atoms with Crippen LogP contribution in [0, 0.1) is 5.92 Å². The number of sulfonamides is 1. The molecule has 2 atom stereocenters. The normalized spacial score (nSPS) is 22.2. The van der Waals surface area contributed by atoms with Gasteiger partial charge in [0.1, 0.15) is 5.75 Å². The third kappa shape index (κ3) is 5.27. The molecule has 0 bridgehead atoms. The molecule has 2 aliphatic rings. The lowest BCUT2D eigenvalue weighted by Crippen LogP contribution is -2.48. The second-order valence-corrected chi connectivity index (χ2v) is 9.39. The number of aromatic nitrogens is 2. The van der Waals surface area contributed by atoms with Crippen LogP contribution < -0.4 is 14.2 Å². The van der Waals surface area contributed by atoms with E-state index in [-0.39, 0.29) is 23.0 Å². The first-order valence-corrected chi connectivity index (χ1v) is 11.3. The minimum absolute atomic E-state index is 0.0256. The molecule has 11 heteroatoms. The molecule has 1 aromatic heterocycles. The number of nitrogens with one attached hydrogen (secondary N) is 1. The van der Waals surface area contributed by atoms with Gasteiger partial charge in [-0.15, -0.1) is 0 Å². The lowest BCUT2D eigenvalue weighted by atomic mass is 9.98. The molecule has 1 saturated carbocycles. The number of rotatable bonds is 9. The maximum absolute atomic E-state index is 12.3. The van der Waals surface area contributed by atoms with Gasteiger partial charge in [0.05, 0.1) is 36.5 Å². The summed E-state index contributed by atoms with van der Waals surface area (Å²) in [7, 11) is -3.27. The lowest BCUT2D eigenvalue weighted by molar-refractivity contribution is -0.0498. The smallest absolute Gasteiger partial charge is 0.387 e. The molecule has 0 spiro atoms. The molecular weight excluding hydrogens is 420 g/mol. The van der Waals surface area contributed by atoms with E-state index in [0.29, 0.717) is 37.7 Å². The van der Waals surface area contributed by atoms with Crippen LogP contribution >= 0.6 is 0 Å². The molecule has 8 nitrogen and oxygen atoms in total. The summed E-state index contributed by atoms with van der Waals surface area (Å²) in [5.41, 5.74) is 0.655. The number of hydrogen-bond donors (Lipinski definition) is 1. The summed E-state index contributed by atoms with van der Waals surface area (Å²) in [6, 6.07) is 6.73. The van der Waals surface area contributed by atoms with Gasteiger partial charge in [0.2, 0.25) is 10.0 Å². The standard InChI is InChI=1S/C19H23F2N3O5S/c20-19(21)29-16-9-22-24(10-16)14-1-3-15(4-2-14)28-12-13-11-27-8-7-18(13)23-30(25,26)17-5-6-17/h1-4,9-10,13,17-19,23H,5-8,11-12H2/t13-,18+/m1/s1. The highest BCUT2D eigenvalue weighted by atomic mass is 32.2. The molecule has 1 aliphatic carbocycles. The van der Waals surface area contributed by atoms with Crippen LogP contribution in [0.5, 0.6) is 11.5 Å². The fraction of sp³-hybridized carbons (Fsp3) is 0.526. The van der Waals surface area contributed by atoms with Crippen LogP contribution in [0.15, 0.2) is 36.7 Å². The molecule has 2 heterocycles. The second-order valence-electron chi connectivity index (χ2n) is 7.40. The number of ether oxygens (including phenoxy) is 3. The zero-order chi connectivity index (χ0) is 21.1. The molecular formula is C19H23F2N3O5S. The molecule has 0 radical (unpaired) electrons.